The predicted molar refractivity (Wildman–Crippen MR) is 93.3 cm³/mol. The second-order valence-corrected chi connectivity index (χ2v) is 6.67. The molecule has 1 amide bonds. The van der Waals surface area contributed by atoms with Gasteiger partial charge in [-0.25, -0.2) is 4.39 Å². The number of nitrogens with one attached hydrogen (secondary N) is 2. The van der Waals surface area contributed by atoms with Gasteiger partial charge in [0.1, 0.15) is 0 Å². The molecule has 1 saturated heterocycles. The molecule has 0 aliphatic carbocycles. The summed E-state index contributed by atoms with van der Waals surface area (Å²) in [5.41, 5.74) is 0.684. The van der Waals surface area contributed by atoms with Crippen LogP contribution >= 0.6 is 15.9 Å². The van der Waals surface area contributed by atoms with Crippen LogP contribution in [-0.2, 0) is 4.79 Å². The van der Waals surface area contributed by atoms with Crippen LogP contribution in [0.25, 0.3) is 0 Å². The van der Waals surface area contributed by atoms with Crippen molar-refractivity contribution in [1.29, 1.82) is 0 Å². The SMILES string of the molecule is O=C(NCC1CNC1)C(Oc1ccc(Br)cc1F)c1ccccc1. The molecule has 0 bridgehead atoms. The molecule has 1 atom stereocenters. The number of rotatable bonds is 6. The van der Waals surface area contributed by atoms with E-state index in [9.17, 15) is 9.18 Å². The van der Waals surface area contributed by atoms with Gasteiger partial charge in [0.2, 0.25) is 6.10 Å². The van der Waals surface area contributed by atoms with Crippen LogP contribution in [0.2, 0.25) is 0 Å². The molecule has 1 fully saturated rings. The Bertz CT molecular complexity index is 707. The van der Waals surface area contributed by atoms with Gasteiger partial charge in [0, 0.05) is 35.6 Å². The molecule has 2 N–H and O–H groups in total. The maximum absolute atomic E-state index is 14.1. The van der Waals surface area contributed by atoms with Crippen molar-refractivity contribution < 1.29 is 13.9 Å². The van der Waals surface area contributed by atoms with Crippen molar-refractivity contribution in [2.45, 2.75) is 6.10 Å². The molecule has 3 rings (SSSR count). The van der Waals surface area contributed by atoms with Gasteiger partial charge in [0.05, 0.1) is 0 Å². The van der Waals surface area contributed by atoms with Crippen molar-refractivity contribution in [3.63, 3.8) is 0 Å². The fraction of sp³-hybridized carbons (Fsp3) is 0.278. The topological polar surface area (TPSA) is 50.4 Å². The van der Waals surface area contributed by atoms with Gasteiger partial charge in [-0.1, -0.05) is 46.3 Å². The average Bonchev–Trinajstić information content (AvgIpc) is 2.53. The molecule has 1 aliphatic heterocycles. The minimum atomic E-state index is -0.894. The zero-order valence-electron chi connectivity index (χ0n) is 13.0. The molecule has 0 saturated carbocycles. The predicted octanol–water partition coefficient (Wildman–Crippen LogP) is 3.04. The molecule has 24 heavy (non-hydrogen) atoms. The van der Waals surface area contributed by atoms with Crippen LogP contribution in [0.5, 0.6) is 5.75 Å². The van der Waals surface area contributed by atoms with Gasteiger partial charge in [0.25, 0.3) is 5.91 Å². The zero-order chi connectivity index (χ0) is 16.9. The first-order valence-corrected chi connectivity index (χ1v) is 8.58. The van der Waals surface area contributed by atoms with Crippen molar-refractivity contribution in [3.8, 4) is 5.75 Å². The van der Waals surface area contributed by atoms with Crippen LogP contribution in [-0.4, -0.2) is 25.5 Å². The largest absolute Gasteiger partial charge is 0.473 e. The number of amides is 1. The van der Waals surface area contributed by atoms with Crippen molar-refractivity contribution in [1.82, 2.24) is 10.6 Å². The number of hydrogen-bond donors (Lipinski definition) is 2. The lowest BCUT2D eigenvalue weighted by Gasteiger charge is -2.28. The molecule has 2 aromatic carbocycles. The quantitative estimate of drug-likeness (QED) is 0.794. The number of benzene rings is 2. The molecule has 2 aromatic rings. The van der Waals surface area contributed by atoms with Crippen LogP contribution in [0.1, 0.15) is 11.7 Å². The monoisotopic (exact) mass is 392 g/mol. The summed E-state index contributed by atoms with van der Waals surface area (Å²) in [6.45, 7) is 2.39. The third-order valence-corrected chi connectivity index (χ3v) is 4.40. The van der Waals surface area contributed by atoms with E-state index < -0.39 is 11.9 Å². The second-order valence-electron chi connectivity index (χ2n) is 5.75. The summed E-state index contributed by atoms with van der Waals surface area (Å²) >= 11 is 3.21. The Labute approximate surface area is 148 Å². The fourth-order valence-electron chi connectivity index (χ4n) is 2.43. The Morgan fingerprint density at radius 2 is 2.04 bits per heavy atom. The van der Waals surface area contributed by atoms with Gasteiger partial charge in [-0.3, -0.25) is 4.79 Å². The lowest BCUT2D eigenvalue weighted by atomic mass is 10.0. The summed E-state index contributed by atoms with van der Waals surface area (Å²) in [6, 6.07) is 13.6. The van der Waals surface area contributed by atoms with E-state index in [-0.39, 0.29) is 11.7 Å². The molecule has 6 heteroatoms. The summed E-state index contributed by atoms with van der Waals surface area (Å²) < 4.78 is 20.4. The van der Waals surface area contributed by atoms with Crippen LogP contribution in [0.15, 0.2) is 53.0 Å². The summed E-state index contributed by atoms with van der Waals surface area (Å²) in [6.07, 6.45) is -0.894. The van der Waals surface area contributed by atoms with Gasteiger partial charge >= 0.3 is 0 Å². The Hall–Kier alpha value is -1.92. The van der Waals surface area contributed by atoms with Crippen LogP contribution in [0.3, 0.4) is 0 Å². The number of hydrogen-bond acceptors (Lipinski definition) is 3. The fourth-order valence-corrected chi connectivity index (χ4v) is 2.76. The molecule has 1 heterocycles. The second kappa shape index (κ2) is 7.77. The normalized spacial score (nSPS) is 15.4. The molecule has 1 unspecified atom stereocenters. The Balaban J connectivity index is 1.77. The smallest absolute Gasteiger partial charge is 0.265 e. The molecule has 4 nitrogen and oxygen atoms in total. The number of halogens is 2. The van der Waals surface area contributed by atoms with E-state index in [2.05, 4.69) is 26.6 Å². The maximum Gasteiger partial charge on any atom is 0.265 e. The highest BCUT2D eigenvalue weighted by Crippen LogP contribution is 2.27. The zero-order valence-corrected chi connectivity index (χ0v) is 14.6. The van der Waals surface area contributed by atoms with Crippen LogP contribution < -0.4 is 15.4 Å². The first-order chi connectivity index (χ1) is 11.6. The lowest BCUT2D eigenvalue weighted by molar-refractivity contribution is -0.128. The lowest BCUT2D eigenvalue weighted by Crippen LogP contribution is -2.49. The molecule has 1 aliphatic rings. The van der Waals surface area contributed by atoms with Gasteiger partial charge < -0.3 is 15.4 Å². The average molecular weight is 393 g/mol. The van der Waals surface area contributed by atoms with Crippen molar-refractivity contribution in [3.05, 3.63) is 64.4 Å². The molecule has 126 valence electrons. The highest BCUT2D eigenvalue weighted by molar-refractivity contribution is 9.10. The molecule has 0 spiro atoms. The Kier molecular flexibility index (Phi) is 5.48. The molecule has 0 radical (unpaired) electrons. The highest BCUT2D eigenvalue weighted by Gasteiger charge is 2.25. The minimum Gasteiger partial charge on any atom is -0.473 e. The molecular formula is C18H18BrFN2O2. The van der Waals surface area contributed by atoms with E-state index in [0.29, 0.717) is 22.5 Å². The molecule has 0 aromatic heterocycles. The summed E-state index contributed by atoms with van der Waals surface area (Å²) in [4.78, 5) is 12.6. The van der Waals surface area contributed by atoms with Crippen molar-refractivity contribution in [2.75, 3.05) is 19.6 Å². The van der Waals surface area contributed by atoms with E-state index in [1.807, 2.05) is 18.2 Å². The van der Waals surface area contributed by atoms with Gasteiger partial charge in [-0.2, -0.15) is 0 Å². The van der Waals surface area contributed by atoms with E-state index >= 15 is 0 Å². The van der Waals surface area contributed by atoms with Crippen LogP contribution in [0, 0.1) is 11.7 Å². The first kappa shape index (κ1) is 16.9. The number of carbonyl (C=O) groups excluding carboxylic acids is 1. The molecular weight excluding hydrogens is 375 g/mol. The third kappa shape index (κ3) is 4.13. The number of carbonyl (C=O) groups is 1. The van der Waals surface area contributed by atoms with Crippen LogP contribution in [0.4, 0.5) is 4.39 Å². The van der Waals surface area contributed by atoms with Gasteiger partial charge in [-0.15, -0.1) is 0 Å². The van der Waals surface area contributed by atoms with E-state index in [0.717, 1.165) is 13.1 Å². The van der Waals surface area contributed by atoms with E-state index in [1.165, 1.54) is 12.1 Å². The third-order valence-electron chi connectivity index (χ3n) is 3.91. The Morgan fingerprint density at radius 3 is 2.67 bits per heavy atom. The van der Waals surface area contributed by atoms with Gasteiger partial charge in [0.15, 0.2) is 11.6 Å². The van der Waals surface area contributed by atoms with E-state index in [4.69, 9.17) is 4.74 Å². The Morgan fingerprint density at radius 1 is 1.29 bits per heavy atom. The van der Waals surface area contributed by atoms with Crippen molar-refractivity contribution in [2.24, 2.45) is 5.92 Å². The standard InChI is InChI=1S/C18H18BrFN2O2/c19-14-6-7-16(15(20)8-14)24-17(13-4-2-1-3-5-13)18(23)22-11-12-9-21-10-12/h1-8,12,17,21H,9-11H2,(H,22,23). The van der Waals surface area contributed by atoms with E-state index in [1.54, 1.807) is 18.2 Å². The van der Waals surface area contributed by atoms with Crippen molar-refractivity contribution >= 4 is 21.8 Å². The number of ether oxygens (including phenoxy) is 1. The minimum absolute atomic E-state index is 0.0486. The summed E-state index contributed by atoms with van der Waals surface area (Å²) in [7, 11) is 0. The highest BCUT2D eigenvalue weighted by atomic mass is 79.9. The maximum atomic E-state index is 14.1. The first-order valence-electron chi connectivity index (χ1n) is 7.78. The summed E-state index contributed by atoms with van der Waals surface area (Å²) in [5.74, 6) is -0.293. The van der Waals surface area contributed by atoms with Gasteiger partial charge in [-0.05, 0) is 18.2 Å². The summed E-state index contributed by atoms with van der Waals surface area (Å²) in [5, 5.41) is 6.06.